The zero-order valence-corrected chi connectivity index (χ0v) is 8.33. The zero-order chi connectivity index (χ0) is 11.4. The molecule has 0 aliphatic heterocycles. The second-order valence-corrected chi connectivity index (χ2v) is 3.16. The highest BCUT2D eigenvalue weighted by Gasteiger charge is 2.07. The first kappa shape index (κ1) is 10.1. The van der Waals surface area contributed by atoms with E-state index in [-0.39, 0.29) is 5.95 Å². The lowest BCUT2D eigenvalue weighted by molar-refractivity contribution is -0.393. The SMILES string of the molecule is O=[N+]([O-])c1ncc(C=Cc2ccccc2)[nH]1. The molecule has 0 spiro atoms. The van der Waals surface area contributed by atoms with Crippen LogP contribution < -0.4 is 0 Å². The molecule has 1 heterocycles. The summed E-state index contributed by atoms with van der Waals surface area (Å²) in [6.07, 6.45) is 5.03. The molecule has 0 unspecified atom stereocenters. The lowest BCUT2D eigenvalue weighted by atomic mass is 10.2. The fourth-order valence-corrected chi connectivity index (χ4v) is 1.25. The third kappa shape index (κ3) is 2.33. The molecule has 2 rings (SSSR count). The summed E-state index contributed by atoms with van der Waals surface area (Å²) in [4.78, 5) is 16.0. The van der Waals surface area contributed by atoms with Gasteiger partial charge in [-0.1, -0.05) is 41.4 Å². The van der Waals surface area contributed by atoms with Crippen LogP contribution in [0.4, 0.5) is 5.95 Å². The predicted molar refractivity (Wildman–Crippen MR) is 60.6 cm³/mol. The van der Waals surface area contributed by atoms with Crippen LogP contribution in [-0.4, -0.2) is 14.9 Å². The molecule has 1 aromatic carbocycles. The van der Waals surface area contributed by atoms with Gasteiger partial charge in [-0.15, -0.1) is 0 Å². The van der Waals surface area contributed by atoms with Crippen molar-refractivity contribution >= 4 is 18.1 Å². The number of H-pyrrole nitrogens is 1. The molecule has 0 bridgehead atoms. The van der Waals surface area contributed by atoms with Crippen molar-refractivity contribution in [1.29, 1.82) is 0 Å². The van der Waals surface area contributed by atoms with Crippen molar-refractivity contribution in [3.05, 3.63) is 57.9 Å². The van der Waals surface area contributed by atoms with Crippen molar-refractivity contribution in [2.24, 2.45) is 0 Å². The third-order valence-corrected chi connectivity index (χ3v) is 2.01. The molecule has 0 aliphatic carbocycles. The Labute approximate surface area is 91.6 Å². The van der Waals surface area contributed by atoms with Crippen molar-refractivity contribution in [2.45, 2.75) is 0 Å². The summed E-state index contributed by atoms with van der Waals surface area (Å²) < 4.78 is 0. The molecule has 5 heteroatoms. The van der Waals surface area contributed by atoms with Gasteiger partial charge in [-0.3, -0.25) is 0 Å². The van der Waals surface area contributed by atoms with E-state index in [1.807, 2.05) is 36.4 Å². The highest BCUT2D eigenvalue weighted by molar-refractivity contribution is 5.67. The second kappa shape index (κ2) is 4.39. The van der Waals surface area contributed by atoms with Gasteiger partial charge in [0, 0.05) is 0 Å². The van der Waals surface area contributed by atoms with Crippen LogP contribution >= 0.6 is 0 Å². The van der Waals surface area contributed by atoms with Gasteiger partial charge in [0.2, 0.25) is 0 Å². The van der Waals surface area contributed by atoms with Gasteiger partial charge in [-0.05, 0) is 16.6 Å². The molecular weight excluding hydrogens is 206 g/mol. The predicted octanol–water partition coefficient (Wildman–Crippen LogP) is 2.49. The summed E-state index contributed by atoms with van der Waals surface area (Å²) in [5, 5.41) is 10.4. The average molecular weight is 215 g/mol. The van der Waals surface area contributed by atoms with E-state index < -0.39 is 4.92 Å². The Kier molecular flexibility index (Phi) is 2.77. The number of nitrogens with one attached hydrogen (secondary N) is 1. The maximum Gasteiger partial charge on any atom is 0.432 e. The molecule has 0 aliphatic rings. The Morgan fingerprint density at radius 3 is 2.62 bits per heavy atom. The van der Waals surface area contributed by atoms with Gasteiger partial charge < -0.3 is 10.1 Å². The van der Waals surface area contributed by atoms with E-state index in [4.69, 9.17) is 0 Å². The van der Waals surface area contributed by atoms with E-state index in [1.54, 1.807) is 6.08 Å². The molecule has 5 nitrogen and oxygen atoms in total. The molecule has 0 radical (unpaired) electrons. The van der Waals surface area contributed by atoms with Crippen molar-refractivity contribution in [3.63, 3.8) is 0 Å². The van der Waals surface area contributed by atoms with E-state index in [1.165, 1.54) is 6.20 Å². The molecule has 1 aromatic heterocycles. The minimum Gasteiger partial charge on any atom is -0.390 e. The zero-order valence-electron chi connectivity index (χ0n) is 8.33. The fourth-order valence-electron chi connectivity index (χ4n) is 1.25. The molecule has 0 saturated heterocycles. The number of hydrogen-bond donors (Lipinski definition) is 1. The largest absolute Gasteiger partial charge is 0.432 e. The van der Waals surface area contributed by atoms with Crippen molar-refractivity contribution in [2.75, 3.05) is 0 Å². The first-order valence-electron chi connectivity index (χ1n) is 4.68. The van der Waals surface area contributed by atoms with Crippen LogP contribution in [0, 0.1) is 10.1 Å². The number of imidazole rings is 1. The minimum atomic E-state index is -0.556. The number of rotatable bonds is 3. The Morgan fingerprint density at radius 2 is 2.00 bits per heavy atom. The van der Waals surface area contributed by atoms with Gasteiger partial charge in [0.15, 0.2) is 0 Å². The Hall–Kier alpha value is -2.43. The quantitative estimate of drug-likeness (QED) is 0.631. The summed E-state index contributed by atoms with van der Waals surface area (Å²) in [5.74, 6) is -0.243. The number of aromatic amines is 1. The summed E-state index contributed by atoms with van der Waals surface area (Å²) >= 11 is 0. The van der Waals surface area contributed by atoms with Gasteiger partial charge >= 0.3 is 5.95 Å². The van der Waals surface area contributed by atoms with Crippen molar-refractivity contribution in [1.82, 2.24) is 9.97 Å². The van der Waals surface area contributed by atoms with E-state index in [0.29, 0.717) is 5.69 Å². The summed E-state index contributed by atoms with van der Waals surface area (Å²) in [5.41, 5.74) is 1.63. The van der Waals surface area contributed by atoms with Crippen LogP contribution in [0.3, 0.4) is 0 Å². The van der Waals surface area contributed by atoms with Gasteiger partial charge in [0.25, 0.3) is 0 Å². The van der Waals surface area contributed by atoms with Crippen molar-refractivity contribution in [3.8, 4) is 0 Å². The third-order valence-electron chi connectivity index (χ3n) is 2.01. The fraction of sp³-hybridized carbons (Fsp3) is 0. The van der Waals surface area contributed by atoms with Gasteiger partial charge in [-0.25, -0.2) is 4.98 Å². The normalized spacial score (nSPS) is 10.8. The molecule has 0 atom stereocenters. The maximum absolute atomic E-state index is 10.4. The first-order valence-corrected chi connectivity index (χ1v) is 4.68. The lowest BCUT2D eigenvalue weighted by Gasteiger charge is -1.89. The number of aromatic nitrogens is 2. The minimum absolute atomic E-state index is 0.243. The van der Waals surface area contributed by atoms with Gasteiger partial charge in [0.1, 0.15) is 11.9 Å². The molecule has 0 amide bonds. The Morgan fingerprint density at radius 1 is 1.25 bits per heavy atom. The second-order valence-electron chi connectivity index (χ2n) is 3.16. The topological polar surface area (TPSA) is 71.8 Å². The lowest BCUT2D eigenvalue weighted by Crippen LogP contribution is -1.88. The van der Waals surface area contributed by atoms with E-state index in [0.717, 1.165) is 5.56 Å². The summed E-state index contributed by atoms with van der Waals surface area (Å²) in [6.45, 7) is 0. The van der Waals surface area contributed by atoms with E-state index in [9.17, 15) is 10.1 Å². The molecule has 0 saturated carbocycles. The van der Waals surface area contributed by atoms with Crippen LogP contribution in [0.15, 0.2) is 36.5 Å². The van der Waals surface area contributed by atoms with Crippen LogP contribution in [0.1, 0.15) is 11.3 Å². The monoisotopic (exact) mass is 215 g/mol. The number of nitrogens with zero attached hydrogens (tertiary/aromatic N) is 2. The Bertz CT molecular complexity index is 517. The molecule has 0 fully saturated rings. The van der Waals surface area contributed by atoms with E-state index >= 15 is 0 Å². The van der Waals surface area contributed by atoms with Crippen LogP contribution in [0.2, 0.25) is 0 Å². The average Bonchev–Trinajstić information content (AvgIpc) is 2.76. The molecule has 1 N–H and O–H groups in total. The summed E-state index contributed by atoms with van der Waals surface area (Å²) in [7, 11) is 0. The van der Waals surface area contributed by atoms with Crippen LogP contribution in [0.25, 0.3) is 12.2 Å². The standard InChI is InChI=1S/C11H9N3O2/c15-14(16)11-12-8-10(13-11)7-6-9-4-2-1-3-5-9/h1-8H,(H,12,13). The molecular formula is C11H9N3O2. The molecule has 80 valence electrons. The smallest absolute Gasteiger partial charge is 0.390 e. The highest BCUT2D eigenvalue weighted by atomic mass is 16.6. The summed E-state index contributed by atoms with van der Waals surface area (Å²) in [6, 6.07) is 9.67. The number of nitro groups is 1. The van der Waals surface area contributed by atoms with E-state index in [2.05, 4.69) is 9.97 Å². The number of hydrogen-bond acceptors (Lipinski definition) is 3. The van der Waals surface area contributed by atoms with Crippen molar-refractivity contribution < 1.29 is 4.92 Å². The molecule has 2 aromatic rings. The van der Waals surface area contributed by atoms with Crippen LogP contribution in [-0.2, 0) is 0 Å². The maximum atomic E-state index is 10.4. The molecule has 16 heavy (non-hydrogen) atoms. The Balaban J connectivity index is 2.15. The van der Waals surface area contributed by atoms with Gasteiger partial charge in [0.05, 0.1) is 0 Å². The first-order chi connectivity index (χ1) is 7.75. The highest BCUT2D eigenvalue weighted by Crippen LogP contribution is 2.09. The van der Waals surface area contributed by atoms with Crippen LogP contribution in [0.5, 0.6) is 0 Å². The number of benzene rings is 1. The van der Waals surface area contributed by atoms with Gasteiger partial charge in [-0.2, -0.15) is 0 Å².